The summed E-state index contributed by atoms with van der Waals surface area (Å²) in [6, 6.07) is 0. The van der Waals surface area contributed by atoms with Crippen molar-refractivity contribution in [3.05, 3.63) is 0 Å². The first-order valence-electron chi connectivity index (χ1n) is 3.45. The normalized spacial score (nSPS) is 15.0. The number of terminal acetylenes is 1. The fourth-order valence-corrected chi connectivity index (χ4v) is 0.615. The molecule has 2 unspecified atom stereocenters. The van der Waals surface area contributed by atoms with Crippen LogP contribution in [-0.2, 0) is 4.79 Å². The molecule has 0 saturated carbocycles. The Bertz CT molecular complexity index is 169. The lowest BCUT2D eigenvalue weighted by molar-refractivity contribution is -0.141. The highest BCUT2D eigenvalue weighted by Crippen LogP contribution is 2.07. The van der Waals surface area contributed by atoms with Gasteiger partial charge >= 0.3 is 5.97 Å². The minimum Gasteiger partial charge on any atom is -0.481 e. The van der Waals surface area contributed by atoms with Gasteiger partial charge in [-0.2, -0.15) is 0 Å². The van der Waals surface area contributed by atoms with Crippen molar-refractivity contribution in [2.45, 2.75) is 25.9 Å². The Labute approximate surface area is 66.0 Å². The van der Waals surface area contributed by atoms with Crippen molar-refractivity contribution >= 4 is 5.97 Å². The second-order valence-corrected chi connectivity index (χ2v) is 2.50. The first-order chi connectivity index (χ1) is 5.07. The van der Waals surface area contributed by atoms with Gasteiger partial charge in [-0.05, 0) is 12.8 Å². The second kappa shape index (κ2) is 4.75. The van der Waals surface area contributed by atoms with E-state index in [1.54, 1.807) is 6.92 Å². The zero-order chi connectivity index (χ0) is 8.85. The minimum absolute atomic E-state index is 0.351. The third-order valence-corrected chi connectivity index (χ3v) is 1.49. The van der Waals surface area contributed by atoms with E-state index in [1.165, 1.54) is 0 Å². The topological polar surface area (TPSA) is 57.5 Å². The summed E-state index contributed by atoms with van der Waals surface area (Å²) in [7, 11) is 0. The van der Waals surface area contributed by atoms with Gasteiger partial charge in [-0.3, -0.25) is 4.79 Å². The molecule has 0 radical (unpaired) electrons. The molecule has 0 rings (SSSR count). The van der Waals surface area contributed by atoms with E-state index in [1.807, 2.05) is 0 Å². The van der Waals surface area contributed by atoms with Crippen LogP contribution < -0.4 is 0 Å². The molecule has 0 saturated heterocycles. The molecule has 0 aromatic rings. The third kappa shape index (κ3) is 4.40. The first kappa shape index (κ1) is 9.99. The van der Waals surface area contributed by atoms with Crippen LogP contribution in [0.4, 0.5) is 0 Å². The number of carboxylic acid groups (broad SMARTS) is 1. The third-order valence-electron chi connectivity index (χ3n) is 1.49. The molecule has 0 amide bonds. The van der Waals surface area contributed by atoms with Crippen LogP contribution in [0.15, 0.2) is 0 Å². The molecular formula is C8H12O3. The molecule has 3 nitrogen and oxygen atoms in total. The standard InChI is InChI=1S/C8H12O3/c1-3-7(9)5-4-6(2)8(10)11/h1,6-7,9H,4-5H2,2H3,(H,10,11). The van der Waals surface area contributed by atoms with Crippen LogP contribution in [0.25, 0.3) is 0 Å². The maximum atomic E-state index is 10.3. The smallest absolute Gasteiger partial charge is 0.306 e. The molecule has 0 bridgehead atoms. The van der Waals surface area contributed by atoms with E-state index in [2.05, 4.69) is 5.92 Å². The summed E-state index contributed by atoms with van der Waals surface area (Å²) in [6.45, 7) is 1.59. The van der Waals surface area contributed by atoms with Crippen molar-refractivity contribution in [2.24, 2.45) is 5.92 Å². The zero-order valence-corrected chi connectivity index (χ0v) is 6.45. The van der Waals surface area contributed by atoms with Gasteiger partial charge in [0.1, 0.15) is 6.10 Å². The second-order valence-electron chi connectivity index (χ2n) is 2.50. The first-order valence-corrected chi connectivity index (χ1v) is 3.45. The van der Waals surface area contributed by atoms with Gasteiger partial charge in [-0.25, -0.2) is 0 Å². The van der Waals surface area contributed by atoms with E-state index in [9.17, 15) is 4.79 Å². The molecule has 0 spiro atoms. The van der Waals surface area contributed by atoms with Gasteiger partial charge in [-0.1, -0.05) is 12.8 Å². The van der Waals surface area contributed by atoms with Crippen LogP contribution in [0.1, 0.15) is 19.8 Å². The molecule has 62 valence electrons. The SMILES string of the molecule is C#CC(O)CCC(C)C(=O)O. The number of aliphatic hydroxyl groups is 1. The van der Waals surface area contributed by atoms with Crippen LogP contribution in [0.5, 0.6) is 0 Å². The highest BCUT2D eigenvalue weighted by molar-refractivity contribution is 5.69. The molecule has 0 heterocycles. The van der Waals surface area contributed by atoms with Crippen molar-refractivity contribution in [1.29, 1.82) is 0 Å². The van der Waals surface area contributed by atoms with Gasteiger partial charge in [-0.15, -0.1) is 6.42 Å². The summed E-state index contributed by atoms with van der Waals surface area (Å²) in [5, 5.41) is 17.3. The summed E-state index contributed by atoms with van der Waals surface area (Å²) in [5.74, 6) is 0.837. The van der Waals surface area contributed by atoms with Crippen molar-refractivity contribution in [3.8, 4) is 12.3 Å². The Morgan fingerprint density at radius 2 is 2.18 bits per heavy atom. The lowest BCUT2D eigenvalue weighted by Gasteiger charge is -2.06. The number of aliphatic hydroxyl groups excluding tert-OH is 1. The molecular weight excluding hydrogens is 144 g/mol. The molecule has 0 aliphatic heterocycles. The molecule has 0 aromatic heterocycles. The average Bonchev–Trinajstić information content (AvgIpc) is 1.99. The molecule has 2 N–H and O–H groups in total. The molecule has 0 aromatic carbocycles. The number of hydrogen-bond donors (Lipinski definition) is 2. The van der Waals surface area contributed by atoms with Gasteiger partial charge in [0, 0.05) is 0 Å². The van der Waals surface area contributed by atoms with Gasteiger partial charge in [0.2, 0.25) is 0 Å². The van der Waals surface area contributed by atoms with E-state index < -0.39 is 18.0 Å². The minimum atomic E-state index is -0.853. The fraction of sp³-hybridized carbons (Fsp3) is 0.625. The number of rotatable bonds is 4. The number of carbonyl (C=O) groups is 1. The quantitative estimate of drug-likeness (QED) is 0.582. The van der Waals surface area contributed by atoms with E-state index >= 15 is 0 Å². The maximum absolute atomic E-state index is 10.3. The van der Waals surface area contributed by atoms with Gasteiger partial charge < -0.3 is 10.2 Å². The van der Waals surface area contributed by atoms with Crippen LogP contribution in [0, 0.1) is 18.3 Å². The number of aliphatic carboxylic acids is 1. The van der Waals surface area contributed by atoms with Crippen molar-refractivity contribution in [2.75, 3.05) is 0 Å². The lowest BCUT2D eigenvalue weighted by Crippen LogP contribution is -2.12. The molecule has 0 fully saturated rings. The fourth-order valence-electron chi connectivity index (χ4n) is 0.615. The predicted molar refractivity (Wildman–Crippen MR) is 40.9 cm³/mol. The monoisotopic (exact) mass is 156 g/mol. The summed E-state index contributed by atoms with van der Waals surface area (Å²) in [6.07, 6.45) is 4.85. The number of hydrogen-bond acceptors (Lipinski definition) is 2. The highest BCUT2D eigenvalue weighted by atomic mass is 16.4. The van der Waals surface area contributed by atoms with Gasteiger partial charge in [0.25, 0.3) is 0 Å². The molecule has 11 heavy (non-hydrogen) atoms. The zero-order valence-electron chi connectivity index (χ0n) is 6.45. The van der Waals surface area contributed by atoms with Crippen LogP contribution >= 0.6 is 0 Å². The van der Waals surface area contributed by atoms with Crippen molar-refractivity contribution in [3.63, 3.8) is 0 Å². The Morgan fingerprint density at radius 1 is 1.64 bits per heavy atom. The van der Waals surface area contributed by atoms with Gasteiger partial charge in [0.05, 0.1) is 5.92 Å². The average molecular weight is 156 g/mol. The predicted octanol–water partition coefficient (Wildman–Crippen LogP) is 0.481. The summed E-state index contributed by atoms with van der Waals surface area (Å²) in [5.41, 5.74) is 0. The summed E-state index contributed by atoms with van der Waals surface area (Å²) < 4.78 is 0. The van der Waals surface area contributed by atoms with E-state index in [0.717, 1.165) is 0 Å². The summed E-state index contributed by atoms with van der Waals surface area (Å²) in [4.78, 5) is 10.3. The largest absolute Gasteiger partial charge is 0.481 e. The highest BCUT2D eigenvalue weighted by Gasteiger charge is 2.11. The van der Waals surface area contributed by atoms with E-state index in [-0.39, 0.29) is 0 Å². The van der Waals surface area contributed by atoms with Crippen LogP contribution in [-0.4, -0.2) is 22.3 Å². The van der Waals surface area contributed by atoms with Gasteiger partial charge in [0.15, 0.2) is 0 Å². The van der Waals surface area contributed by atoms with Crippen LogP contribution in [0.3, 0.4) is 0 Å². The molecule has 3 heteroatoms. The Balaban J connectivity index is 3.55. The molecule has 0 aliphatic carbocycles. The molecule has 0 aliphatic rings. The van der Waals surface area contributed by atoms with E-state index in [4.69, 9.17) is 16.6 Å². The maximum Gasteiger partial charge on any atom is 0.306 e. The number of carboxylic acids is 1. The van der Waals surface area contributed by atoms with Crippen molar-refractivity contribution in [1.82, 2.24) is 0 Å². The Morgan fingerprint density at radius 3 is 2.55 bits per heavy atom. The Kier molecular flexibility index (Phi) is 4.32. The molecule has 2 atom stereocenters. The lowest BCUT2D eigenvalue weighted by atomic mass is 10.0. The summed E-state index contributed by atoms with van der Waals surface area (Å²) >= 11 is 0. The van der Waals surface area contributed by atoms with Crippen molar-refractivity contribution < 1.29 is 15.0 Å². The van der Waals surface area contributed by atoms with E-state index in [0.29, 0.717) is 12.8 Å². The Hall–Kier alpha value is -1.01. The van der Waals surface area contributed by atoms with Crippen LogP contribution in [0.2, 0.25) is 0 Å².